The highest BCUT2D eigenvalue weighted by Gasteiger charge is 2.38. The molecule has 2 rings (SSSR count). The number of likely N-dealkylation sites (N-methyl/N-ethyl adjacent to an activating group) is 1. The Bertz CT molecular complexity index is 619. The van der Waals surface area contributed by atoms with Crippen molar-refractivity contribution in [2.75, 3.05) is 18.5 Å². The molecule has 1 fully saturated rings. The Balaban J connectivity index is 2.12. The first kappa shape index (κ1) is 16.5. The number of carbonyl (C=O) groups excluding carboxylic acids is 2. The number of anilines is 1. The van der Waals surface area contributed by atoms with Crippen LogP contribution in [0, 0.1) is 5.92 Å². The molecule has 1 heterocycles. The fourth-order valence-electron chi connectivity index (χ4n) is 2.41. The van der Waals surface area contributed by atoms with E-state index in [1.54, 1.807) is 11.0 Å². The second-order valence-electron chi connectivity index (χ2n) is 5.35. The van der Waals surface area contributed by atoms with Crippen LogP contribution in [0.3, 0.4) is 0 Å². The second kappa shape index (κ2) is 6.48. The van der Waals surface area contributed by atoms with Crippen LogP contribution in [-0.2, 0) is 14.4 Å². The first-order valence-corrected chi connectivity index (χ1v) is 7.66. The fourth-order valence-corrected chi connectivity index (χ4v) is 2.80. The zero-order valence-electron chi connectivity index (χ0n) is 12.3. The molecular formula is C15H17BrN2O4. The molecule has 2 unspecified atom stereocenters. The van der Waals surface area contributed by atoms with Crippen molar-refractivity contribution < 1.29 is 19.5 Å². The van der Waals surface area contributed by atoms with E-state index in [1.165, 1.54) is 18.9 Å². The molecule has 2 atom stereocenters. The van der Waals surface area contributed by atoms with Crippen LogP contribution in [0.25, 0.3) is 0 Å². The van der Waals surface area contributed by atoms with Crippen molar-refractivity contribution in [1.82, 2.24) is 4.90 Å². The summed E-state index contributed by atoms with van der Waals surface area (Å²) >= 11 is 3.35. The lowest BCUT2D eigenvalue weighted by molar-refractivity contribution is -0.149. The van der Waals surface area contributed by atoms with E-state index in [4.69, 9.17) is 5.11 Å². The molecule has 2 amide bonds. The summed E-state index contributed by atoms with van der Waals surface area (Å²) < 4.78 is 0.851. The van der Waals surface area contributed by atoms with Gasteiger partial charge in [-0.25, -0.2) is 4.79 Å². The molecule has 7 heteroatoms. The van der Waals surface area contributed by atoms with Gasteiger partial charge in [-0.05, 0) is 25.1 Å². The van der Waals surface area contributed by atoms with Gasteiger partial charge >= 0.3 is 5.97 Å². The van der Waals surface area contributed by atoms with E-state index in [2.05, 4.69) is 15.9 Å². The van der Waals surface area contributed by atoms with Gasteiger partial charge in [0, 0.05) is 30.2 Å². The molecular weight excluding hydrogens is 352 g/mol. The maximum atomic E-state index is 12.4. The minimum atomic E-state index is -1.07. The lowest BCUT2D eigenvalue weighted by atomic mass is 10.1. The van der Waals surface area contributed by atoms with Crippen LogP contribution in [0.2, 0.25) is 0 Å². The van der Waals surface area contributed by atoms with Crippen LogP contribution in [-0.4, -0.2) is 47.4 Å². The average Bonchev–Trinajstić information content (AvgIpc) is 2.86. The molecule has 1 aromatic carbocycles. The van der Waals surface area contributed by atoms with Gasteiger partial charge in [0.1, 0.15) is 6.04 Å². The molecule has 1 N–H and O–H groups in total. The van der Waals surface area contributed by atoms with Crippen molar-refractivity contribution in [2.45, 2.75) is 19.4 Å². The first-order chi connectivity index (χ1) is 10.3. The van der Waals surface area contributed by atoms with Gasteiger partial charge in [-0.3, -0.25) is 9.59 Å². The summed E-state index contributed by atoms with van der Waals surface area (Å²) in [7, 11) is 1.45. The Morgan fingerprint density at radius 3 is 2.73 bits per heavy atom. The topological polar surface area (TPSA) is 77.9 Å². The summed E-state index contributed by atoms with van der Waals surface area (Å²) in [6.45, 7) is 1.72. The van der Waals surface area contributed by atoms with Gasteiger partial charge in [-0.2, -0.15) is 0 Å². The highest BCUT2D eigenvalue weighted by molar-refractivity contribution is 9.10. The third-order valence-corrected chi connectivity index (χ3v) is 4.37. The normalized spacial score (nSPS) is 19.1. The molecule has 0 aliphatic carbocycles. The Labute approximate surface area is 136 Å². The lowest BCUT2D eigenvalue weighted by Crippen LogP contribution is -2.43. The predicted octanol–water partition coefficient (Wildman–Crippen LogP) is 1.73. The van der Waals surface area contributed by atoms with E-state index >= 15 is 0 Å². The predicted molar refractivity (Wildman–Crippen MR) is 84.5 cm³/mol. The van der Waals surface area contributed by atoms with E-state index in [1.807, 2.05) is 18.2 Å². The van der Waals surface area contributed by atoms with E-state index < -0.39 is 17.9 Å². The van der Waals surface area contributed by atoms with Gasteiger partial charge in [0.05, 0.1) is 5.92 Å². The zero-order chi connectivity index (χ0) is 16.4. The minimum Gasteiger partial charge on any atom is -0.480 e. The molecule has 0 spiro atoms. The molecule has 22 heavy (non-hydrogen) atoms. The van der Waals surface area contributed by atoms with Crippen molar-refractivity contribution in [3.63, 3.8) is 0 Å². The molecule has 1 aromatic rings. The van der Waals surface area contributed by atoms with Crippen LogP contribution < -0.4 is 4.90 Å². The van der Waals surface area contributed by atoms with E-state index in [9.17, 15) is 14.4 Å². The number of halogens is 1. The number of amides is 2. The number of hydrogen-bond acceptors (Lipinski definition) is 3. The van der Waals surface area contributed by atoms with Crippen LogP contribution in [0.4, 0.5) is 5.69 Å². The molecule has 0 saturated carbocycles. The SMILES string of the molecule is CC(C(=O)O)N(C)C(=O)C1CC(=O)N(c2cccc(Br)c2)C1. The number of nitrogens with zero attached hydrogens (tertiary/aromatic N) is 2. The van der Waals surface area contributed by atoms with Gasteiger partial charge in [0.15, 0.2) is 0 Å². The maximum absolute atomic E-state index is 12.4. The molecule has 1 aliphatic heterocycles. The molecule has 0 bridgehead atoms. The summed E-state index contributed by atoms with van der Waals surface area (Å²) in [5.41, 5.74) is 0.726. The zero-order valence-corrected chi connectivity index (χ0v) is 13.9. The van der Waals surface area contributed by atoms with E-state index in [-0.39, 0.29) is 24.8 Å². The third-order valence-electron chi connectivity index (χ3n) is 3.88. The highest BCUT2D eigenvalue weighted by Crippen LogP contribution is 2.28. The van der Waals surface area contributed by atoms with Crippen LogP contribution in [0.1, 0.15) is 13.3 Å². The average molecular weight is 369 g/mol. The summed E-state index contributed by atoms with van der Waals surface area (Å²) in [5.74, 6) is -2.03. The van der Waals surface area contributed by atoms with Crippen LogP contribution >= 0.6 is 15.9 Å². The second-order valence-corrected chi connectivity index (χ2v) is 6.26. The maximum Gasteiger partial charge on any atom is 0.326 e. The fraction of sp³-hybridized carbons (Fsp3) is 0.400. The summed E-state index contributed by atoms with van der Waals surface area (Å²) in [6, 6.07) is 6.38. The summed E-state index contributed by atoms with van der Waals surface area (Å²) in [5, 5.41) is 8.98. The Morgan fingerprint density at radius 1 is 1.45 bits per heavy atom. The van der Waals surface area contributed by atoms with Crippen molar-refractivity contribution in [3.8, 4) is 0 Å². The van der Waals surface area contributed by atoms with Crippen molar-refractivity contribution in [1.29, 1.82) is 0 Å². The van der Waals surface area contributed by atoms with Crippen LogP contribution in [0.5, 0.6) is 0 Å². The van der Waals surface area contributed by atoms with E-state index in [0.29, 0.717) is 0 Å². The minimum absolute atomic E-state index is 0.0992. The quantitative estimate of drug-likeness (QED) is 0.877. The van der Waals surface area contributed by atoms with Gasteiger partial charge in [-0.1, -0.05) is 22.0 Å². The monoisotopic (exact) mass is 368 g/mol. The molecule has 6 nitrogen and oxygen atoms in total. The Morgan fingerprint density at radius 2 is 2.14 bits per heavy atom. The number of aliphatic carboxylic acids is 1. The van der Waals surface area contributed by atoms with Crippen LogP contribution in [0.15, 0.2) is 28.7 Å². The van der Waals surface area contributed by atoms with Gasteiger partial charge in [0.25, 0.3) is 0 Å². The molecule has 1 saturated heterocycles. The molecule has 118 valence electrons. The lowest BCUT2D eigenvalue weighted by Gasteiger charge is -2.24. The first-order valence-electron chi connectivity index (χ1n) is 6.86. The standard InChI is InChI=1S/C15H17BrN2O4/c1-9(15(21)22)17(2)14(20)10-6-13(19)18(8-10)12-5-3-4-11(16)7-12/h3-5,7,9-10H,6,8H2,1-2H3,(H,21,22). The number of rotatable bonds is 4. The molecule has 0 aromatic heterocycles. The largest absolute Gasteiger partial charge is 0.480 e. The smallest absolute Gasteiger partial charge is 0.326 e. The Hall–Kier alpha value is -1.89. The van der Waals surface area contributed by atoms with E-state index in [0.717, 1.165) is 10.2 Å². The number of carboxylic acids is 1. The van der Waals surface area contributed by atoms with Crippen molar-refractivity contribution in [2.24, 2.45) is 5.92 Å². The van der Waals surface area contributed by atoms with Crippen molar-refractivity contribution >= 4 is 39.4 Å². The van der Waals surface area contributed by atoms with Gasteiger partial charge < -0.3 is 14.9 Å². The van der Waals surface area contributed by atoms with Gasteiger partial charge in [0.2, 0.25) is 11.8 Å². The summed E-state index contributed by atoms with van der Waals surface area (Å²) in [4.78, 5) is 38.2. The number of carboxylic acid groups (broad SMARTS) is 1. The third kappa shape index (κ3) is 3.30. The Kier molecular flexibility index (Phi) is 4.85. The van der Waals surface area contributed by atoms with Gasteiger partial charge in [-0.15, -0.1) is 0 Å². The van der Waals surface area contributed by atoms with Crippen molar-refractivity contribution in [3.05, 3.63) is 28.7 Å². The number of benzene rings is 1. The summed E-state index contributed by atoms with van der Waals surface area (Å²) in [6.07, 6.45) is 0.0992. The molecule has 0 radical (unpaired) electrons. The highest BCUT2D eigenvalue weighted by atomic mass is 79.9. The molecule has 1 aliphatic rings. The number of hydrogen-bond donors (Lipinski definition) is 1. The number of carbonyl (C=O) groups is 3.